The zero-order valence-corrected chi connectivity index (χ0v) is 12.5. The average Bonchev–Trinajstić information content (AvgIpc) is 2.33. The molecule has 0 aromatic heterocycles. The predicted octanol–water partition coefficient (Wildman–Crippen LogP) is 3.68. The van der Waals surface area contributed by atoms with E-state index in [4.69, 9.17) is 9.47 Å². The van der Waals surface area contributed by atoms with Gasteiger partial charge in [0.05, 0.1) is 16.3 Å². The Hall–Kier alpha value is -0.780. The largest absolute Gasteiger partial charge is 0.490 e. The molecule has 0 saturated carbocycles. The standard InChI is InChI=1S/C13H17IO3/c1-4-9(3)17-13-11(14)6-10(8-15)7-12(13)16-5-2/h6-9H,4-5H2,1-3H3/t9-/m1/s1. The van der Waals surface area contributed by atoms with Gasteiger partial charge in [0.15, 0.2) is 11.5 Å². The summed E-state index contributed by atoms with van der Waals surface area (Å²) in [4.78, 5) is 10.8. The Kier molecular flexibility index (Phi) is 5.74. The first kappa shape index (κ1) is 14.3. The summed E-state index contributed by atoms with van der Waals surface area (Å²) in [5, 5.41) is 0. The fourth-order valence-electron chi connectivity index (χ4n) is 1.32. The number of hydrogen-bond donors (Lipinski definition) is 0. The van der Waals surface area contributed by atoms with E-state index in [-0.39, 0.29) is 6.10 Å². The summed E-state index contributed by atoms with van der Waals surface area (Å²) in [6, 6.07) is 3.52. The quantitative estimate of drug-likeness (QED) is 0.581. The highest BCUT2D eigenvalue weighted by atomic mass is 127. The number of ether oxygens (including phenoxy) is 2. The second kappa shape index (κ2) is 6.83. The zero-order valence-electron chi connectivity index (χ0n) is 10.3. The van der Waals surface area contributed by atoms with Crippen molar-refractivity contribution in [2.45, 2.75) is 33.3 Å². The van der Waals surface area contributed by atoms with Gasteiger partial charge in [-0.15, -0.1) is 0 Å². The number of carbonyl (C=O) groups is 1. The number of benzene rings is 1. The van der Waals surface area contributed by atoms with Crippen molar-refractivity contribution in [3.05, 3.63) is 21.3 Å². The van der Waals surface area contributed by atoms with E-state index < -0.39 is 0 Å². The molecule has 0 aliphatic rings. The number of rotatable bonds is 6. The summed E-state index contributed by atoms with van der Waals surface area (Å²) >= 11 is 2.16. The summed E-state index contributed by atoms with van der Waals surface area (Å²) in [6.45, 7) is 6.54. The maximum Gasteiger partial charge on any atom is 0.174 e. The molecular formula is C13H17IO3. The molecule has 0 fully saturated rings. The normalized spacial score (nSPS) is 12.0. The molecule has 0 aliphatic heterocycles. The maximum atomic E-state index is 10.8. The molecule has 0 heterocycles. The fourth-order valence-corrected chi connectivity index (χ4v) is 2.07. The van der Waals surface area contributed by atoms with Crippen LogP contribution in [0.2, 0.25) is 0 Å². The predicted molar refractivity (Wildman–Crippen MR) is 76.1 cm³/mol. The number of carbonyl (C=O) groups excluding carboxylic acids is 1. The molecule has 0 bridgehead atoms. The van der Waals surface area contributed by atoms with Crippen molar-refractivity contribution in [2.24, 2.45) is 0 Å². The van der Waals surface area contributed by atoms with Crippen LogP contribution in [0.3, 0.4) is 0 Å². The Balaban J connectivity index is 3.11. The molecule has 0 spiro atoms. The van der Waals surface area contributed by atoms with Gasteiger partial charge in [0.25, 0.3) is 0 Å². The van der Waals surface area contributed by atoms with Crippen LogP contribution in [0.4, 0.5) is 0 Å². The fraction of sp³-hybridized carbons (Fsp3) is 0.462. The van der Waals surface area contributed by atoms with Crippen LogP contribution in [-0.2, 0) is 0 Å². The molecule has 0 aliphatic carbocycles. The van der Waals surface area contributed by atoms with E-state index in [1.807, 2.05) is 13.8 Å². The van der Waals surface area contributed by atoms with E-state index in [1.165, 1.54) is 0 Å². The van der Waals surface area contributed by atoms with Crippen molar-refractivity contribution in [3.8, 4) is 11.5 Å². The Morgan fingerprint density at radius 2 is 2.12 bits per heavy atom. The Morgan fingerprint density at radius 1 is 1.41 bits per heavy atom. The van der Waals surface area contributed by atoms with Crippen molar-refractivity contribution in [1.82, 2.24) is 0 Å². The van der Waals surface area contributed by atoms with Crippen LogP contribution in [0, 0.1) is 3.57 Å². The van der Waals surface area contributed by atoms with Crippen molar-refractivity contribution in [2.75, 3.05) is 6.61 Å². The highest BCUT2D eigenvalue weighted by Crippen LogP contribution is 2.34. The molecule has 0 radical (unpaired) electrons. The maximum absolute atomic E-state index is 10.8. The number of aldehydes is 1. The molecule has 1 aromatic carbocycles. The van der Waals surface area contributed by atoms with Crippen LogP contribution >= 0.6 is 22.6 Å². The van der Waals surface area contributed by atoms with Crippen molar-refractivity contribution in [3.63, 3.8) is 0 Å². The number of hydrogen-bond acceptors (Lipinski definition) is 3. The molecule has 1 atom stereocenters. The molecule has 17 heavy (non-hydrogen) atoms. The lowest BCUT2D eigenvalue weighted by molar-refractivity contribution is 0.112. The Labute approximate surface area is 116 Å². The van der Waals surface area contributed by atoms with E-state index in [0.29, 0.717) is 17.9 Å². The molecule has 0 N–H and O–H groups in total. The molecule has 1 aromatic rings. The summed E-state index contributed by atoms with van der Waals surface area (Å²) in [6.07, 6.45) is 1.87. The first-order valence-electron chi connectivity index (χ1n) is 5.70. The van der Waals surface area contributed by atoms with Crippen molar-refractivity contribution in [1.29, 1.82) is 0 Å². The van der Waals surface area contributed by atoms with Crippen molar-refractivity contribution >= 4 is 28.9 Å². The van der Waals surface area contributed by atoms with Crippen LogP contribution in [0.15, 0.2) is 12.1 Å². The highest BCUT2D eigenvalue weighted by molar-refractivity contribution is 14.1. The molecule has 1 rings (SSSR count). The Morgan fingerprint density at radius 3 is 2.65 bits per heavy atom. The second-order valence-electron chi connectivity index (χ2n) is 3.72. The summed E-state index contributed by atoms with van der Waals surface area (Å²) in [5.74, 6) is 1.37. The van der Waals surface area contributed by atoms with Gasteiger partial charge < -0.3 is 9.47 Å². The molecule has 0 unspecified atom stereocenters. The van der Waals surface area contributed by atoms with Gasteiger partial charge in [-0.3, -0.25) is 4.79 Å². The minimum absolute atomic E-state index is 0.129. The zero-order chi connectivity index (χ0) is 12.8. The van der Waals surface area contributed by atoms with Gasteiger partial charge in [0.1, 0.15) is 6.29 Å². The molecular weight excluding hydrogens is 331 g/mol. The van der Waals surface area contributed by atoms with Crippen LogP contribution in [0.25, 0.3) is 0 Å². The lowest BCUT2D eigenvalue weighted by Gasteiger charge is -2.18. The van der Waals surface area contributed by atoms with Gasteiger partial charge in [-0.2, -0.15) is 0 Å². The number of halogens is 1. The van der Waals surface area contributed by atoms with Crippen LogP contribution in [-0.4, -0.2) is 19.0 Å². The third kappa shape index (κ3) is 3.87. The van der Waals surface area contributed by atoms with Crippen LogP contribution in [0.5, 0.6) is 11.5 Å². The van der Waals surface area contributed by atoms with E-state index in [1.54, 1.807) is 12.1 Å². The van der Waals surface area contributed by atoms with Gasteiger partial charge >= 0.3 is 0 Å². The van der Waals surface area contributed by atoms with Gasteiger partial charge in [-0.25, -0.2) is 0 Å². The molecule has 0 amide bonds. The lowest BCUT2D eigenvalue weighted by atomic mass is 10.2. The van der Waals surface area contributed by atoms with Crippen LogP contribution < -0.4 is 9.47 Å². The molecule has 4 heteroatoms. The van der Waals surface area contributed by atoms with E-state index in [0.717, 1.165) is 22.0 Å². The third-order valence-electron chi connectivity index (χ3n) is 2.36. The summed E-state index contributed by atoms with van der Waals surface area (Å²) in [7, 11) is 0. The topological polar surface area (TPSA) is 35.5 Å². The van der Waals surface area contributed by atoms with E-state index in [9.17, 15) is 4.79 Å². The van der Waals surface area contributed by atoms with E-state index in [2.05, 4.69) is 29.5 Å². The minimum atomic E-state index is 0.129. The summed E-state index contributed by atoms with van der Waals surface area (Å²) in [5.41, 5.74) is 0.606. The first-order chi connectivity index (χ1) is 8.12. The second-order valence-corrected chi connectivity index (χ2v) is 4.88. The van der Waals surface area contributed by atoms with E-state index >= 15 is 0 Å². The smallest absolute Gasteiger partial charge is 0.174 e. The molecule has 3 nitrogen and oxygen atoms in total. The van der Waals surface area contributed by atoms with Gasteiger partial charge in [-0.05, 0) is 55.0 Å². The molecule has 94 valence electrons. The van der Waals surface area contributed by atoms with Gasteiger partial charge in [-0.1, -0.05) is 6.92 Å². The third-order valence-corrected chi connectivity index (χ3v) is 3.16. The average molecular weight is 348 g/mol. The minimum Gasteiger partial charge on any atom is -0.490 e. The van der Waals surface area contributed by atoms with Gasteiger partial charge in [0, 0.05) is 5.56 Å². The van der Waals surface area contributed by atoms with Crippen molar-refractivity contribution < 1.29 is 14.3 Å². The monoisotopic (exact) mass is 348 g/mol. The van der Waals surface area contributed by atoms with Gasteiger partial charge in [0.2, 0.25) is 0 Å². The Bertz CT molecular complexity index is 390. The first-order valence-corrected chi connectivity index (χ1v) is 6.78. The lowest BCUT2D eigenvalue weighted by Crippen LogP contribution is -2.12. The SMILES string of the molecule is CCOc1cc(C=O)cc(I)c1O[C@H](C)CC. The summed E-state index contributed by atoms with van der Waals surface area (Å²) < 4.78 is 12.2. The molecule has 0 saturated heterocycles. The highest BCUT2D eigenvalue weighted by Gasteiger charge is 2.14. The van der Waals surface area contributed by atoms with Crippen LogP contribution in [0.1, 0.15) is 37.6 Å².